The summed E-state index contributed by atoms with van der Waals surface area (Å²) in [5.74, 6) is -1.15. The van der Waals surface area contributed by atoms with Crippen molar-refractivity contribution in [3.63, 3.8) is 0 Å². The van der Waals surface area contributed by atoms with Crippen molar-refractivity contribution in [3.8, 4) is 0 Å². The van der Waals surface area contributed by atoms with E-state index in [4.69, 9.17) is 5.11 Å². The zero-order valence-electron chi connectivity index (χ0n) is 11.7. The summed E-state index contributed by atoms with van der Waals surface area (Å²) >= 11 is 0. The van der Waals surface area contributed by atoms with Gasteiger partial charge in [0.15, 0.2) is 0 Å². The number of hydrogen-bond donors (Lipinski definition) is 3. The van der Waals surface area contributed by atoms with Crippen LogP contribution in [0.4, 0.5) is 4.79 Å². The zero-order valence-corrected chi connectivity index (χ0v) is 11.7. The summed E-state index contributed by atoms with van der Waals surface area (Å²) in [6, 6.07) is 9.50. The van der Waals surface area contributed by atoms with Crippen LogP contribution in [0.25, 0.3) is 0 Å². The molecule has 4 unspecified atom stereocenters. The number of carbonyl (C=O) groups is 2. The van der Waals surface area contributed by atoms with Gasteiger partial charge < -0.3 is 15.7 Å². The molecular weight excluding hydrogens is 256 g/mol. The van der Waals surface area contributed by atoms with E-state index in [-0.39, 0.29) is 12.1 Å². The highest BCUT2D eigenvalue weighted by Gasteiger charge is 2.39. The van der Waals surface area contributed by atoms with Crippen LogP contribution < -0.4 is 10.6 Å². The second kappa shape index (κ2) is 5.94. The van der Waals surface area contributed by atoms with E-state index in [9.17, 15) is 9.59 Å². The molecule has 5 nitrogen and oxygen atoms in total. The average Bonchev–Trinajstić information content (AvgIpc) is 3.17. The molecule has 0 spiro atoms. The Morgan fingerprint density at radius 3 is 2.50 bits per heavy atom. The largest absolute Gasteiger partial charge is 0.481 e. The van der Waals surface area contributed by atoms with Crippen LogP contribution in [0.5, 0.6) is 0 Å². The SMILES string of the molecule is CC(NC(=O)NC1CC1c1ccccc1)C(C)C(=O)O. The van der Waals surface area contributed by atoms with Gasteiger partial charge in [0.05, 0.1) is 5.92 Å². The first-order valence-corrected chi connectivity index (χ1v) is 6.84. The lowest BCUT2D eigenvalue weighted by molar-refractivity contribution is -0.141. The predicted octanol–water partition coefficient (Wildman–Crippen LogP) is 1.95. The molecule has 20 heavy (non-hydrogen) atoms. The van der Waals surface area contributed by atoms with Crippen LogP contribution in [0.1, 0.15) is 31.7 Å². The van der Waals surface area contributed by atoms with Crippen LogP contribution in [0.2, 0.25) is 0 Å². The Bertz CT molecular complexity index is 489. The molecule has 108 valence electrons. The van der Waals surface area contributed by atoms with Crippen LogP contribution in [-0.4, -0.2) is 29.2 Å². The van der Waals surface area contributed by atoms with Gasteiger partial charge in [-0.1, -0.05) is 30.3 Å². The highest BCUT2D eigenvalue weighted by molar-refractivity contribution is 5.77. The van der Waals surface area contributed by atoms with Crippen LogP contribution in [0.15, 0.2) is 30.3 Å². The van der Waals surface area contributed by atoms with E-state index in [2.05, 4.69) is 22.8 Å². The van der Waals surface area contributed by atoms with Gasteiger partial charge in [-0.05, 0) is 25.8 Å². The quantitative estimate of drug-likeness (QED) is 0.769. The monoisotopic (exact) mass is 276 g/mol. The molecule has 2 amide bonds. The first-order valence-electron chi connectivity index (χ1n) is 6.84. The van der Waals surface area contributed by atoms with Gasteiger partial charge in [-0.25, -0.2) is 4.79 Å². The number of hydrogen-bond acceptors (Lipinski definition) is 2. The summed E-state index contributed by atoms with van der Waals surface area (Å²) in [7, 11) is 0. The first kappa shape index (κ1) is 14.4. The summed E-state index contributed by atoms with van der Waals surface area (Å²) in [4.78, 5) is 22.6. The van der Waals surface area contributed by atoms with Crippen molar-refractivity contribution in [2.24, 2.45) is 5.92 Å². The van der Waals surface area contributed by atoms with Gasteiger partial charge in [-0.2, -0.15) is 0 Å². The highest BCUT2D eigenvalue weighted by atomic mass is 16.4. The maximum absolute atomic E-state index is 11.8. The van der Waals surface area contributed by atoms with Crippen molar-refractivity contribution in [1.29, 1.82) is 0 Å². The van der Waals surface area contributed by atoms with Gasteiger partial charge >= 0.3 is 12.0 Å². The normalized spacial score (nSPS) is 23.5. The lowest BCUT2D eigenvalue weighted by Gasteiger charge is -2.18. The maximum Gasteiger partial charge on any atom is 0.315 e. The highest BCUT2D eigenvalue weighted by Crippen LogP contribution is 2.40. The molecule has 0 aliphatic heterocycles. The molecule has 1 aromatic carbocycles. The molecule has 1 aromatic rings. The fourth-order valence-electron chi connectivity index (χ4n) is 2.18. The van der Waals surface area contributed by atoms with Crippen LogP contribution >= 0.6 is 0 Å². The molecule has 1 aliphatic rings. The van der Waals surface area contributed by atoms with Crippen molar-refractivity contribution in [2.75, 3.05) is 0 Å². The second-order valence-electron chi connectivity index (χ2n) is 5.39. The summed E-state index contributed by atoms with van der Waals surface area (Å²) < 4.78 is 0. The molecule has 2 rings (SSSR count). The Labute approximate surface area is 118 Å². The molecule has 0 bridgehead atoms. The van der Waals surface area contributed by atoms with E-state index in [0.29, 0.717) is 5.92 Å². The molecule has 0 heterocycles. The third-order valence-corrected chi connectivity index (χ3v) is 3.83. The Morgan fingerprint density at radius 2 is 1.90 bits per heavy atom. The van der Waals surface area contributed by atoms with Gasteiger partial charge in [0.25, 0.3) is 0 Å². The van der Waals surface area contributed by atoms with Gasteiger partial charge in [0, 0.05) is 18.0 Å². The lowest BCUT2D eigenvalue weighted by Crippen LogP contribution is -2.46. The molecule has 4 atom stereocenters. The van der Waals surface area contributed by atoms with Crippen LogP contribution in [0.3, 0.4) is 0 Å². The Balaban J connectivity index is 1.78. The van der Waals surface area contributed by atoms with E-state index >= 15 is 0 Å². The van der Waals surface area contributed by atoms with E-state index in [0.717, 1.165) is 6.42 Å². The number of rotatable bonds is 5. The van der Waals surface area contributed by atoms with E-state index in [1.165, 1.54) is 5.56 Å². The average molecular weight is 276 g/mol. The smallest absolute Gasteiger partial charge is 0.315 e. The Morgan fingerprint density at radius 1 is 1.25 bits per heavy atom. The summed E-state index contributed by atoms with van der Waals surface area (Å²) in [5, 5.41) is 14.4. The Kier molecular flexibility index (Phi) is 4.27. The van der Waals surface area contributed by atoms with Crippen LogP contribution in [-0.2, 0) is 4.79 Å². The molecule has 0 aromatic heterocycles. The second-order valence-corrected chi connectivity index (χ2v) is 5.39. The van der Waals surface area contributed by atoms with Gasteiger partial charge in [0.1, 0.15) is 0 Å². The molecule has 1 fully saturated rings. The maximum atomic E-state index is 11.8. The van der Waals surface area contributed by atoms with Gasteiger partial charge in [-0.15, -0.1) is 0 Å². The minimum Gasteiger partial charge on any atom is -0.481 e. The summed E-state index contributed by atoms with van der Waals surface area (Å²) in [6.45, 7) is 3.27. The number of aliphatic carboxylic acids is 1. The number of carboxylic acid groups (broad SMARTS) is 1. The lowest BCUT2D eigenvalue weighted by atomic mass is 10.0. The van der Waals surface area contributed by atoms with Gasteiger partial charge in [0.2, 0.25) is 0 Å². The fourth-order valence-corrected chi connectivity index (χ4v) is 2.18. The van der Waals surface area contributed by atoms with Crippen LogP contribution in [0, 0.1) is 5.92 Å². The minimum atomic E-state index is -0.911. The van der Waals surface area contributed by atoms with Crippen molar-refractivity contribution in [3.05, 3.63) is 35.9 Å². The summed E-state index contributed by atoms with van der Waals surface area (Å²) in [6.07, 6.45) is 0.931. The number of carbonyl (C=O) groups excluding carboxylic acids is 1. The van der Waals surface area contributed by atoms with E-state index < -0.39 is 17.9 Å². The third kappa shape index (κ3) is 3.50. The topological polar surface area (TPSA) is 78.4 Å². The zero-order chi connectivity index (χ0) is 14.7. The number of benzene rings is 1. The Hall–Kier alpha value is -2.04. The molecule has 1 saturated carbocycles. The van der Waals surface area contributed by atoms with Crippen molar-refractivity contribution >= 4 is 12.0 Å². The third-order valence-electron chi connectivity index (χ3n) is 3.83. The number of urea groups is 1. The predicted molar refractivity (Wildman–Crippen MR) is 75.5 cm³/mol. The minimum absolute atomic E-state index is 0.143. The van der Waals surface area contributed by atoms with Gasteiger partial charge in [-0.3, -0.25) is 4.79 Å². The molecule has 5 heteroatoms. The number of carboxylic acids is 1. The molecule has 1 aliphatic carbocycles. The fraction of sp³-hybridized carbons (Fsp3) is 0.467. The van der Waals surface area contributed by atoms with E-state index in [1.807, 2.05) is 18.2 Å². The van der Waals surface area contributed by atoms with E-state index in [1.54, 1.807) is 13.8 Å². The molecule has 0 radical (unpaired) electrons. The number of amides is 2. The first-order chi connectivity index (χ1) is 9.49. The van der Waals surface area contributed by atoms with Crippen molar-refractivity contribution in [1.82, 2.24) is 10.6 Å². The molecular formula is C15H20N2O3. The molecule has 0 saturated heterocycles. The van der Waals surface area contributed by atoms with Crippen molar-refractivity contribution in [2.45, 2.75) is 38.3 Å². The molecule has 3 N–H and O–H groups in total. The van der Waals surface area contributed by atoms with Crippen molar-refractivity contribution < 1.29 is 14.7 Å². The standard InChI is InChI=1S/C15H20N2O3/c1-9(14(18)19)10(2)16-15(20)17-13-8-12(13)11-6-4-3-5-7-11/h3-7,9-10,12-13H,8H2,1-2H3,(H,18,19)(H2,16,17,20). The number of nitrogens with one attached hydrogen (secondary N) is 2. The summed E-state index contributed by atoms with van der Waals surface area (Å²) in [5.41, 5.74) is 1.23.